The fraction of sp³-hybridized carbons (Fsp3) is 0.296. The number of piperidine rings is 1. The van der Waals surface area contributed by atoms with Crippen LogP contribution in [0.1, 0.15) is 58.6 Å². The summed E-state index contributed by atoms with van der Waals surface area (Å²) in [5.41, 5.74) is -0.412. The summed E-state index contributed by atoms with van der Waals surface area (Å²) in [5, 5.41) is 12.8. The first-order valence-corrected chi connectivity index (χ1v) is 12.1. The van der Waals surface area contributed by atoms with Crippen molar-refractivity contribution in [1.82, 2.24) is 10.2 Å². The topological polar surface area (TPSA) is 116 Å². The summed E-state index contributed by atoms with van der Waals surface area (Å²) in [7, 11) is 0. The van der Waals surface area contributed by atoms with Gasteiger partial charge in [-0.05, 0) is 42.3 Å². The molecule has 2 N–H and O–H groups in total. The number of aliphatic hydroxyl groups is 1. The second kappa shape index (κ2) is 9.75. The summed E-state index contributed by atoms with van der Waals surface area (Å²) in [6.07, 6.45) is -3.89. The van der Waals surface area contributed by atoms with Crippen molar-refractivity contribution in [2.24, 2.45) is 4.99 Å². The first-order chi connectivity index (χ1) is 18.4. The van der Waals surface area contributed by atoms with E-state index >= 15 is 0 Å². The molecule has 2 aromatic rings. The van der Waals surface area contributed by atoms with Gasteiger partial charge in [0.25, 0.3) is 5.91 Å². The maximum Gasteiger partial charge on any atom is 0.416 e. The zero-order valence-electron chi connectivity index (χ0n) is 20.2. The average molecular weight is 543 g/mol. The molecule has 0 saturated carbocycles. The predicted molar refractivity (Wildman–Crippen MR) is 129 cm³/mol. The minimum Gasteiger partial charge on any atom is -0.511 e. The van der Waals surface area contributed by atoms with E-state index in [2.05, 4.69) is 10.3 Å². The van der Waals surface area contributed by atoms with E-state index in [0.717, 1.165) is 6.21 Å². The van der Waals surface area contributed by atoms with Gasteiger partial charge in [-0.1, -0.05) is 6.07 Å². The van der Waals surface area contributed by atoms with Crippen LogP contribution in [0.15, 0.2) is 52.7 Å². The lowest BCUT2D eigenvalue weighted by molar-refractivity contribution is -0.138. The van der Waals surface area contributed by atoms with E-state index in [4.69, 9.17) is 0 Å². The third-order valence-electron chi connectivity index (χ3n) is 7.14. The van der Waals surface area contributed by atoms with E-state index in [1.165, 1.54) is 4.90 Å². The Balaban J connectivity index is 1.38. The van der Waals surface area contributed by atoms with Crippen LogP contribution in [0.2, 0.25) is 0 Å². The minimum absolute atomic E-state index is 0.0455. The van der Waals surface area contributed by atoms with Gasteiger partial charge in [0, 0.05) is 49.1 Å². The van der Waals surface area contributed by atoms with E-state index in [1.54, 1.807) is 18.2 Å². The lowest BCUT2D eigenvalue weighted by Gasteiger charge is -2.29. The second-order valence-corrected chi connectivity index (χ2v) is 9.58. The highest BCUT2D eigenvalue weighted by molar-refractivity contribution is 6.15. The number of alkyl halides is 3. The maximum absolute atomic E-state index is 14.4. The molecule has 2 heterocycles. The van der Waals surface area contributed by atoms with Crippen LogP contribution in [0.3, 0.4) is 0 Å². The van der Waals surface area contributed by atoms with Crippen molar-refractivity contribution >= 4 is 35.4 Å². The molecular formula is C27H21F4N3O5. The summed E-state index contributed by atoms with van der Waals surface area (Å²) in [6, 6.07) is 5.86. The Hall–Kier alpha value is -4.35. The maximum atomic E-state index is 14.4. The van der Waals surface area contributed by atoms with Gasteiger partial charge >= 0.3 is 6.18 Å². The molecule has 0 bridgehead atoms. The lowest BCUT2D eigenvalue weighted by Crippen LogP contribution is -2.52. The molecule has 39 heavy (non-hydrogen) atoms. The Labute approximate surface area is 219 Å². The summed E-state index contributed by atoms with van der Waals surface area (Å²) in [5.74, 6) is -4.34. The van der Waals surface area contributed by atoms with Crippen LogP contribution in [-0.2, 0) is 27.1 Å². The number of nitrogens with zero attached hydrogens (tertiary/aromatic N) is 2. The first-order valence-electron chi connectivity index (χ1n) is 12.1. The molecule has 12 heteroatoms. The van der Waals surface area contributed by atoms with E-state index < -0.39 is 58.8 Å². The quantitative estimate of drug-likeness (QED) is 0.340. The third-order valence-corrected chi connectivity index (χ3v) is 7.14. The van der Waals surface area contributed by atoms with Gasteiger partial charge in [0.2, 0.25) is 11.8 Å². The van der Waals surface area contributed by atoms with Crippen molar-refractivity contribution in [2.75, 3.05) is 0 Å². The molecule has 2 aromatic carbocycles. The molecular weight excluding hydrogens is 522 g/mol. The van der Waals surface area contributed by atoms with Crippen molar-refractivity contribution in [1.29, 1.82) is 0 Å². The van der Waals surface area contributed by atoms with Crippen LogP contribution in [0.4, 0.5) is 23.2 Å². The van der Waals surface area contributed by atoms with Crippen LogP contribution < -0.4 is 5.32 Å². The highest BCUT2D eigenvalue weighted by Gasteiger charge is 2.40. The Bertz CT molecular complexity index is 1480. The predicted octanol–water partition coefficient (Wildman–Crippen LogP) is 4.27. The molecule has 3 amide bonds. The fourth-order valence-corrected chi connectivity index (χ4v) is 5.13. The van der Waals surface area contributed by atoms with Gasteiger partial charge in [0.15, 0.2) is 5.78 Å². The number of benzene rings is 2. The van der Waals surface area contributed by atoms with Gasteiger partial charge in [-0.15, -0.1) is 0 Å². The molecule has 3 aliphatic rings. The Morgan fingerprint density at radius 1 is 1.08 bits per heavy atom. The number of aliphatic hydroxyl groups excluding tert-OH is 1. The number of aliphatic imine (C=N–C) groups is 1. The Morgan fingerprint density at radius 2 is 1.85 bits per heavy atom. The number of Topliss-reactive ketones (excluding diaryl/α,β-unsaturated/α-hetero) is 1. The van der Waals surface area contributed by atoms with Gasteiger partial charge in [-0.25, -0.2) is 4.39 Å². The zero-order chi connectivity index (χ0) is 28.1. The standard InChI is InChI=1S/C27H21F4N3O5/c28-19-5-4-14(27(29,30)31)10-16(19)13-8-22(35)17(23(36)9-13)11-32-20-3-1-2-15-18(20)12-34(26(15)39)21-6-7-24(37)33-25(21)38/h1-5,10-11,13,21,35H,6-9,12H2,(H,33,37,38). The summed E-state index contributed by atoms with van der Waals surface area (Å²) < 4.78 is 53.7. The number of hydrogen-bond acceptors (Lipinski definition) is 6. The van der Waals surface area contributed by atoms with Crippen LogP contribution in [-0.4, -0.2) is 45.8 Å². The van der Waals surface area contributed by atoms with Gasteiger partial charge in [0.1, 0.15) is 17.6 Å². The number of carbonyl (C=O) groups is 4. The number of fused-ring (bicyclic) bond motifs is 1. The number of halogens is 4. The number of imide groups is 1. The van der Waals surface area contributed by atoms with E-state index in [0.29, 0.717) is 35.0 Å². The highest BCUT2D eigenvalue weighted by atomic mass is 19.4. The molecule has 1 saturated heterocycles. The van der Waals surface area contributed by atoms with Crippen molar-refractivity contribution in [3.63, 3.8) is 0 Å². The third kappa shape index (κ3) is 4.93. The number of ketones is 1. The first kappa shape index (κ1) is 26.3. The number of rotatable bonds is 4. The number of carbonyl (C=O) groups excluding carboxylic acids is 4. The van der Waals surface area contributed by atoms with Gasteiger partial charge in [-0.2, -0.15) is 13.2 Å². The second-order valence-electron chi connectivity index (χ2n) is 9.58. The monoisotopic (exact) mass is 543 g/mol. The van der Waals surface area contributed by atoms with Crippen molar-refractivity contribution in [3.8, 4) is 0 Å². The van der Waals surface area contributed by atoms with Crippen LogP contribution in [0.5, 0.6) is 0 Å². The van der Waals surface area contributed by atoms with Gasteiger partial charge in [0.05, 0.1) is 16.8 Å². The lowest BCUT2D eigenvalue weighted by atomic mass is 9.82. The molecule has 0 spiro atoms. The molecule has 0 aromatic heterocycles. The van der Waals surface area contributed by atoms with E-state index in [-0.39, 0.29) is 43.4 Å². The normalized spacial score (nSPS) is 22.1. The van der Waals surface area contributed by atoms with Crippen LogP contribution in [0.25, 0.3) is 0 Å². The molecule has 5 rings (SSSR count). The zero-order valence-corrected chi connectivity index (χ0v) is 20.2. The van der Waals surface area contributed by atoms with E-state index in [9.17, 15) is 41.8 Å². The van der Waals surface area contributed by atoms with Crippen molar-refractivity contribution < 1.29 is 41.8 Å². The molecule has 0 radical (unpaired) electrons. The van der Waals surface area contributed by atoms with Crippen LogP contribution in [0, 0.1) is 5.82 Å². The average Bonchev–Trinajstić information content (AvgIpc) is 3.20. The van der Waals surface area contributed by atoms with Crippen molar-refractivity contribution in [2.45, 2.75) is 50.4 Å². The molecule has 2 unspecified atom stereocenters. The Kier molecular flexibility index (Phi) is 6.57. The number of nitrogens with one attached hydrogen (secondary N) is 1. The van der Waals surface area contributed by atoms with Gasteiger partial charge < -0.3 is 10.0 Å². The Morgan fingerprint density at radius 3 is 2.54 bits per heavy atom. The minimum atomic E-state index is -4.69. The summed E-state index contributed by atoms with van der Waals surface area (Å²) in [4.78, 5) is 55.2. The SMILES string of the molecule is O=C1CCC(N2Cc3c(N=CC4=C(O)CC(c5cc(C(F)(F)F)ccc5F)CC4=O)cccc3C2=O)C(=O)N1. The fourth-order valence-electron chi connectivity index (χ4n) is 5.13. The number of hydrogen-bond donors (Lipinski definition) is 2. The van der Waals surface area contributed by atoms with Crippen LogP contribution >= 0.6 is 0 Å². The van der Waals surface area contributed by atoms with E-state index in [1.807, 2.05) is 0 Å². The molecule has 1 fully saturated rings. The molecule has 1 aliphatic carbocycles. The molecule has 8 nitrogen and oxygen atoms in total. The largest absolute Gasteiger partial charge is 0.511 e. The molecule has 202 valence electrons. The molecule has 2 atom stereocenters. The summed E-state index contributed by atoms with van der Waals surface area (Å²) in [6.45, 7) is 0.0455. The smallest absolute Gasteiger partial charge is 0.416 e. The van der Waals surface area contributed by atoms with Gasteiger partial charge in [-0.3, -0.25) is 29.5 Å². The highest BCUT2D eigenvalue weighted by Crippen LogP contribution is 2.39. The molecule has 2 aliphatic heterocycles. The number of amides is 3. The number of allylic oxidation sites excluding steroid dienone is 2. The van der Waals surface area contributed by atoms with Crippen molar-refractivity contribution in [3.05, 3.63) is 75.8 Å². The summed E-state index contributed by atoms with van der Waals surface area (Å²) >= 11 is 0.